The molecule has 1 aromatic heterocycles. The number of rotatable bonds is 19. The van der Waals surface area contributed by atoms with Crippen molar-refractivity contribution in [2.75, 3.05) is 0 Å². The van der Waals surface area contributed by atoms with Gasteiger partial charge >= 0.3 is 0 Å². The van der Waals surface area contributed by atoms with Gasteiger partial charge in [0.25, 0.3) is 5.82 Å². The molecule has 0 amide bonds. The van der Waals surface area contributed by atoms with Gasteiger partial charge in [-0.2, -0.15) is 0 Å². The molecule has 2 nitrogen and oxygen atoms in total. The summed E-state index contributed by atoms with van der Waals surface area (Å²) in [5.41, 5.74) is 0. The van der Waals surface area contributed by atoms with Gasteiger partial charge in [0.05, 0.1) is 13.1 Å². The number of imidazole rings is 1. The lowest BCUT2D eigenvalue weighted by Crippen LogP contribution is -2.36. The van der Waals surface area contributed by atoms with E-state index in [0.29, 0.717) is 0 Å². The fourth-order valence-corrected chi connectivity index (χ4v) is 4.11. The quantitative estimate of drug-likeness (QED) is 0.173. The van der Waals surface area contributed by atoms with Crippen LogP contribution in [0.1, 0.15) is 129 Å². The second kappa shape index (κ2) is 17.3. The largest absolute Gasteiger partial charge is 0.256 e. The third-order valence-corrected chi connectivity index (χ3v) is 5.94. The van der Waals surface area contributed by atoms with E-state index in [1.165, 1.54) is 116 Å². The highest BCUT2D eigenvalue weighted by atomic mass is 15.1. The molecule has 0 aromatic carbocycles. The van der Waals surface area contributed by atoms with E-state index in [1.54, 1.807) is 5.82 Å². The van der Waals surface area contributed by atoms with Crippen LogP contribution in [0.4, 0.5) is 0 Å². The minimum Gasteiger partial charge on any atom is -0.235 e. The highest BCUT2D eigenvalue weighted by Crippen LogP contribution is 2.12. The molecular weight excluding hydrogens is 328 g/mol. The lowest BCUT2D eigenvalue weighted by Gasteiger charge is -2.05. The van der Waals surface area contributed by atoms with E-state index in [0.717, 1.165) is 6.54 Å². The summed E-state index contributed by atoms with van der Waals surface area (Å²) >= 11 is 0. The number of hydrogen-bond donors (Lipinski definition) is 0. The first-order valence-electron chi connectivity index (χ1n) is 12.4. The molecule has 0 N–H and O–H groups in total. The Morgan fingerprint density at radius 3 is 1.63 bits per heavy atom. The van der Waals surface area contributed by atoms with Crippen molar-refractivity contribution >= 4 is 0 Å². The minimum absolute atomic E-state index is 1.11. The smallest absolute Gasteiger partial charge is 0.235 e. The van der Waals surface area contributed by atoms with Gasteiger partial charge in [0.1, 0.15) is 12.4 Å². The maximum Gasteiger partial charge on any atom is 0.256 e. The summed E-state index contributed by atoms with van der Waals surface area (Å²) in [6.45, 7) is 9.19. The van der Waals surface area contributed by atoms with E-state index in [4.69, 9.17) is 0 Å². The van der Waals surface area contributed by atoms with Crippen LogP contribution >= 0.6 is 0 Å². The second-order valence-corrected chi connectivity index (χ2v) is 8.39. The molecule has 158 valence electrons. The SMILES string of the molecule is CCCCCCCCCCCCn1cc[n+](CC)c1CCCCCCCC. The van der Waals surface area contributed by atoms with E-state index in [-0.39, 0.29) is 0 Å². The molecule has 0 fully saturated rings. The first kappa shape index (κ1) is 24.2. The fraction of sp³-hybridized carbons (Fsp3) is 0.880. The third kappa shape index (κ3) is 11.6. The van der Waals surface area contributed by atoms with Gasteiger partial charge in [-0.15, -0.1) is 0 Å². The van der Waals surface area contributed by atoms with Crippen molar-refractivity contribution in [1.82, 2.24) is 4.57 Å². The molecule has 0 aliphatic rings. The molecule has 1 aromatic rings. The molecule has 0 aliphatic heterocycles. The number of aryl methyl sites for hydroxylation is 2. The summed E-state index contributed by atoms with van der Waals surface area (Å²) in [6, 6.07) is 0. The first-order chi connectivity index (χ1) is 13.3. The highest BCUT2D eigenvalue weighted by Gasteiger charge is 2.15. The standard InChI is InChI=1S/C25H49N2/c1-4-7-9-11-13-14-15-16-18-20-22-27-24-23-26(6-3)25(27)21-19-17-12-10-8-5-2/h23-24H,4-22H2,1-3H3/q+1. The van der Waals surface area contributed by atoms with Gasteiger partial charge < -0.3 is 0 Å². The van der Waals surface area contributed by atoms with E-state index < -0.39 is 0 Å². The topological polar surface area (TPSA) is 8.81 Å². The maximum absolute atomic E-state index is 2.54. The van der Waals surface area contributed by atoms with Gasteiger partial charge in [0, 0.05) is 6.42 Å². The normalized spacial score (nSPS) is 11.4. The molecule has 0 radical (unpaired) electrons. The first-order valence-corrected chi connectivity index (χ1v) is 12.4. The van der Waals surface area contributed by atoms with E-state index >= 15 is 0 Å². The molecule has 0 unspecified atom stereocenters. The van der Waals surface area contributed by atoms with Crippen molar-refractivity contribution < 1.29 is 4.57 Å². The zero-order valence-corrected chi connectivity index (χ0v) is 19.0. The van der Waals surface area contributed by atoms with Crippen molar-refractivity contribution in [3.63, 3.8) is 0 Å². The van der Waals surface area contributed by atoms with Gasteiger partial charge in [0.2, 0.25) is 0 Å². The predicted molar refractivity (Wildman–Crippen MR) is 119 cm³/mol. The molecule has 0 spiro atoms. The summed E-state index contributed by atoms with van der Waals surface area (Å²) in [6.07, 6.45) is 28.4. The lowest BCUT2D eigenvalue weighted by atomic mass is 10.1. The van der Waals surface area contributed by atoms with Gasteiger partial charge in [-0.3, -0.25) is 0 Å². The molecule has 1 heterocycles. The molecule has 2 heteroatoms. The van der Waals surface area contributed by atoms with E-state index in [2.05, 4.69) is 42.3 Å². The van der Waals surface area contributed by atoms with Crippen LogP contribution in [-0.4, -0.2) is 4.57 Å². The van der Waals surface area contributed by atoms with Gasteiger partial charge in [-0.05, 0) is 26.2 Å². The third-order valence-electron chi connectivity index (χ3n) is 5.94. The average Bonchev–Trinajstić information content (AvgIpc) is 3.08. The van der Waals surface area contributed by atoms with E-state index in [1.807, 2.05) is 0 Å². The Kier molecular flexibility index (Phi) is 15.6. The van der Waals surface area contributed by atoms with Crippen LogP contribution in [0.5, 0.6) is 0 Å². The van der Waals surface area contributed by atoms with Crippen LogP contribution in [-0.2, 0) is 19.5 Å². The molecule has 1 rings (SSSR count). The van der Waals surface area contributed by atoms with Crippen LogP contribution in [0.2, 0.25) is 0 Å². The molecule has 0 atom stereocenters. The van der Waals surface area contributed by atoms with Crippen molar-refractivity contribution in [3.05, 3.63) is 18.2 Å². The Balaban J connectivity index is 2.16. The van der Waals surface area contributed by atoms with Crippen LogP contribution in [0.25, 0.3) is 0 Å². The zero-order valence-electron chi connectivity index (χ0n) is 19.0. The Morgan fingerprint density at radius 1 is 0.630 bits per heavy atom. The molecule has 0 saturated heterocycles. The Bertz CT molecular complexity index is 436. The van der Waals surface area contributed by atoms with Crippen molar-refractivity contribution in [2.24, 2.45) is 0 Å². The predicted octanol–water partition coefficient (Wildman–Crippen LogP) is 7.62. The van der Waals surface area contributed by atoms with Gasteiger partial charge in [-0.1, -0.05) is 97.3 Å². The van der Waals surface area contributed by atoms with E-state index in [9.17, 15) is 0 Å². The average molecular weight is 378 g/mol. The monoisotopic (exact) mass is 377 g/mol. The lowest BCUT2D eigenvalue weighted by molar-refractivity contribution is -0.700. The van der Waals surface area contributed by atoms with Crippen molar-refractivity contribution in [2.45, 2.75) is 143 Å². The number of nitrogens with zero attached hydrogens (tertiary/aromatic N) is 2. The highest BCUT2D eigenvalue weighted by molar-refractivity contribution is 4.84. The van der Waals surface area contributed by atoms with Gasteiger partial charge in [-0.25, -0.2) is 9.13 Å². The Labute approximate surface area is 170 Å². The van der Waals surface area contributed by atoms with Crippen LogP contribution in [0, 0.1) is 0 Å². The Hall–Kier alpha value is -0.790. The summed E-state index contributed by atoms with van der Waals surface area (Å²) in [4.78, 5) is 0. The number of aromatic nitrogens is 2. The minimum atomic E-state index is 1.11. The molecule has 0 saturated carbocycles. The number of hydrogen-bond acceptors (Lipinski definition) is 0. The summed E-state index contributed by atoms with van der Waals surface area (Å²) < 4.78 is 5.00. The van der Waals surface area contributed by atoms with Gasteiger partial charge in [0.15, 0.2) is 0 Å². The summed E-state index contributed by atoms with van der Waals surface area (Å²) in [7, 11) is 0. The van der Waals surface area contributed by atoms with Crippen molar-refractivity contribution in [1.29, 1.82) is 0 Å². The van der Waals surface area contributed by atoms with Crippen LogP contribution < -0.4 is 4.57 Å². The Morgan fingerprint density at radius 2 is 1.11 bits per heavy atom. The van der Waals surface area contributed by atoms with Crippen LogP contribution in [0.3, 0.4) is 0 Å². The van der Waals surface area contributed by atoms with Crippen LogP contribution in [0.15, 0.2) is 12.4 Å². The molecular formula is C25H49N2+. The fourth-order valence-electron chi connectivity index (χ4n) is 4.11. The second-order valence-electron chi connectivity index (χ2n) is 8.39. The summed E-state index contributed by atoms with van der Waals surface area (Å²) in [5, 5.41) is 0. The molecule has 0 aliphatic carbocycles. The summed E-state index contributed by atoms with van der Waals surface area (Å²) in [5.74, 6) is 1.56. The van der Waals surface area contributed by atoms with Crippen molar-refractivity contribution in [3.8, 4) is 0 Å². The maximum atomic E-state index is 2.54. The number of unbranched alkanes of at least 4 members (excludes halogenated alkanes) is 14. The zero-order chi connectivity index (χ0) is 19.6. The molecule has 27 heavy (non-hydrogen) atoms. The molecule has 0 bridgehead atoms.